The topological polar surface area (TPSA) is 75.7 Å². The number of hydrogen-bond donors (Lipinski definition) is 1. The van der Waals surface area contributed by atoms with Crippen molar-refractivity contribution in [3.8, 4) is 5.75 Å². The Bertz CT molecular complexity index is 860. The molecule has 0 saturated carbocycles. The minimum Gasteiger partial charge on any atom is -0.496 e. The highest BCUT2D eigenvalue weighted by Crippen LogP contribution is 2.28. The fraction of sp³-hybridized carbons (Fsp3) is 0.211. The van der Waals surface area contributed by atoms with Crippen LogP contribution in [-0.4, -0.2) is 36.8 Å². The van der Waals surface area contributed by atoms with E-state index in [1.165, 1.54) is 7.05 Å². The Balaban J connectivity index is 1.73. The van der Waals surface area contributed by atoms with E-state index in [4.69, 9.17) is 4.74 Å². The van der Waals surface area contributed by atoms with E-state index in [2.05, 4.69) is 5.32 Å². The molecule has 0 atom stereocenters. The van der Waals surface area contributed by atoms with Gasteiger partial charge in [-0.1, -0.05) is 24.3 Å². The molecule has 0 bridgehead atoms. The summed E-state index contributed by atoms with van der Waals surface area (Å²) in [7, 11) is 3.02. The first-order valence-electron chi connectivity index (χ1n) is 7.90. The number of imide groups is 1. The number of rotatable bonds is 5. The fourth-order valence-corrected chi connectivity index (χ4v) is 2.88. The smallest absolute Gasteiger partial charge is 0.263 e. The van der Waals surface area contributed by atoms with Gasteiger partial charge in [0.25, 0.3) is 11.8 Å². The number of ether oxygens (including phenoxy) is 1. The highest BCUT2D eigenvalue weighted by atomic mass is 16.5. The minimum atomic E-state index is -0.402. The highest BCUT2D eigenvalue weighted by Gasteiger charge is 2.35. The number of methoxy groups -OCH3 is 1. The van der Waals surface area contributed by atoms with Gasteiger partial charge in [-0.2, -0.15) is 0 Å². The lowest BCUT2D eigenvalue weighted by Gasteiger charge is -2.10. The van der Waals surface area contributed by atoms with Gasteiger partial charge in [0.15, 0.2) is 0 Å². The van der Waals surface area contributed by atoms with Crippen LogP contribution in [-0.2, 0) is 11.2 Å². The van der Waals surface area contributed by atoms with Crippen LogP contribution in [0.2, 0.25) is 0 Å². The van der Waals surface area contributed by atoms with Crippen LogP contribution in [0.1, 0.15) is 32.7 Å². The largest absolute Gasteiger partial charge is 0.496 e. The molecule has 3 rings (SSSR count). The normalized spacial score (nSPS) is 13.0. The van der Waals surface area contributed by atoms with Crippen molar-refractivity contribution in [2.45, 2.75) is 12.8 Å². The van der Waals surface area contributed by atoms with Crippen molar-refractivity contribution in [1.29, 1.82) is 0 Å². The second-order valence-corrected chi connectivity index (χ2v) is 5.76. The molecule has 0 unspecified atom stereocenters. The second kappa shape index (κ2) is 6.76. The molecule has 0 spiro atoms. The summed E-state index contributed by atoms with van der Waals surface area (Å²) in [5.41, 5.74) is 1.87. The Hall–Kier alpha value is -3.15. The van der Waals surface area contributed by atoms with Crippen molar-refractivity contribution in [3.63, 3.8) is 0 Å². The van der Waals surface area contributed by atoms with Crippen LogP contribution in [0.25, 0.3) is 0 Å². The number of carbonyl (C=O) groups is 3. The molecule has 0 saturated heterocycles. The maximum Gasteiger partial charge on any atom is 0.263 e. The van der Waals surface area contributed by atoms with Crippen LogP contribution < -0.4 is 10.1 Å². The van der Waals surface area contributed by atoms with E-state index in [9.17, 15) is 14.4 Å². The molecule has 1 N–H and O–H groups in total. The Morgan fingerprint density at radius 1 is 1.08 bits per heavy atom. The van der Waals surface area contributed by atoms with E-state index < -0.39 is 5.91 Å². The van der Waals surface area contributed by atoms with Crippen molar-refractivity contribution in [2.75, 3.05) is 19.5 Å². The van der Waals surface area contributed by atoms with Crippen molar-refractivity contribution in [1.82, 2.24) is 4.90 Å². The molecule has 2 aromatic rings. The predicted octanol–water partition coefficient (Wildman–Crippen LogP) is 2.49. The van der Waals surface area contributed by atoms with Gasteiger partial charge in [-0.15, -0.1) is 0 Å². The third-order valence-corrected chi connectivity index (χ3v) is 4.21. The number of carbonyl (C=O) groups excluding carboxylic acids is 3. The van der Waals surface area contributed by atoms with Crippen molar-refractivity contribution >= 4 is 23.4 Å². The van der Waals surface area contributed by atoms with Crippen LogP contribution in [0, 0.1) is 0 Å². The molecule has 6 heteroatoms. The molecule has 1 aliphatic heterocycles. The molecule has 128 valence electrons. The molecule has 0 fully saturated rings. The minimum absolute atomic E-state index is 0.228. The Labute approximate surface area is 145 Å². The van der Waals surface area contributed by atoms with Gasteiger partial charge in [-0.05, 0) is 30.2 Å². The van der Waals surface area contributed by atoms with Crippen LogP contribution in [0.3, 0.4) is 0 Å². The van der Waals surface area contributed by atoms with E-state index in [0.29, 0.717) is 17.7 Å². The number of hydrogen-bond acceptors (Lipinski definition) is 4. The van der Waals surface area contributed by atoms with Crippen LogP contribution in [0.5, 0.6) is 5.75 Å². The molecule has 1 heterocycles. The molecular formula is C19H18N2O4. The van der Waals surface area contributed by atoms with Crippen LogP contribution in [0.4, 0.5) is 5.69 Å². The lowest BCUT2D eigenvalue weighted by Crippen LogP contribution is -2.24. The first-order chi connectivity index (χ1) is 12.0. The second-order valence-electron chi connectivity index (χ2n) is 5.76. The number of aryl methyl sites for hydroxylation is 1. The van der Waals surface area contributed by atoms with Crippen molar-refractivity contribution in [2.24, 2.45) is 0 Å². The lowest BCUT2D eigenvalue weighted by atomic mass is 10.1. The SMILES string of the molecule is COc1ccccc1CCC(=O)Nc1cccc2c1C(=O)N(C)C2=O. The van der Waals surface area contributed by atoms with E-state index in [1.807, 2.05) is 24.3 Å². The molecule has 6 nitrogen and oxygen atoms in total. The maximum absolute atomic E-state index is 12.3. The first-order valence-corrected chi connectivity index (χ1v) is 7.90. The third-order valence-electron chi connectivity index (χ3n) is 4.21. The number of benzene rings is 2. The number of nitrogens with zero attached hydrogens (tertiary/aromatic N) is 1. The summed E-state index contributed by atoms with van der Waals surface area (Å²) in [4.78, 5) is 37.6. The number of para-hydroxylation sites is 1. The van der Waals surface area contributed by atoms with Gasteiger partial charge in [-0.3, -0.25) is 19.3 Å². The average molecular weight is 338 g/mol. The number of fused-ring (bicyclic) bond motifs is 1. The van der Waals surface area contributed by atoms with Crippen molar-refractivity contribution < 1.29 is 19.1 Å². The zero-order valence-electron chi connectivity index (χ0n) is 14.0. The number of anilines is 1. The molecule has 0 aromatic heterocycles. The van der Waals surface area contributed by atoms with Gasteiger partial charge in [0.1, 0.15) is 5.75 Å². The standard InChI is InChI=1S/C19H18N2O4/c1-21-18(23)13-7-5-8-14(17(13)19(21)24)20-16(22)11-10-12-6-3-4-9-15(12)25-2/h3-9H,10-11H2,1-2H3,(H,20,22). The van der Waals surface area contributed by atoms with Crippen LogP contribution >= 0.6 is 0 Å². The molecule has 2 aromatic carbocycles. The number of amides is 3. The Kier molecular flexibility index (Phi) is 4.52. The maximum atomic E-state index is 12.3. The van der Waals surface area contributed by atoms with Gasteiger partial charge in [0, 0.05) is 13.5 Å². The zero-order chi connectivity index (χ0) is 18.0. The summed E-state index contributed by atoms with van der Waals surface area (Å²) in [6.45, 7) is 0. The number of nitrogens with one attached hydrogen (secondary N) is 1. The van der Waals surface area contributed by atoms with E-state index >= 15 is 0 Å². The van der Waals surface area contributed by atoms with E-state index in [-0.39, 0.29) is 23.8 Å². The van der Waals surface area contributed by atoms with Gasteiger partial charge in [0.2, 0.25) is 5.91 Å². The summed E-state index contributed by atoms with van der Waals surface area (Å²) in [5.74, 6) is -0.252. The monoisotopic (exact) mass is 338 g/mol. The highest BCUT2D eigenvalue weighted by molar-refractivity contribution is 6.24. The Morgan fingerprint density at radius 3 is 2.60 bits per heavy atom. The van der Waals surface area contributed by atoms with Gasteiger partial charge in [0.05, 0.1) is 23.9 Å². The van der Waals surface area contributed by atoms with Gasteiger partial charge in [-0.25, -0.2) is 0 Å². The zero-order valence-corrected chi connectivity index (χ0v) is 14.0. The third kappa shape index (κ3) is 3.10. The van der Waals surface area contributed by atoms with E-state index in [0.717, 1.165) is 16.2 Å². The molecule has 1 aliphatic rings. The van der Waals surface area contributed by atoms with Crippen molar-refractivity contribution in [3.05, 3.63) is 59.2 Å². The Morgan fingerprint density at radius 2 is 1.84 bits per heavy atom. The molecule has 0 radical (unpaired) electrons. The van der Waals surface area contributed by atoms with E-state index in [1.54, 1.807) is 25.3 Å². The first kappa shape index (κ1) is 16.7. The molecular weight excluding hydrogens is 320 g/mol. The lowest BCUT2D eigenvalue weighted by molar-refractivity contribution is -0.116. The molecule has 25 heavy (non-hydrogen) atoms. The predicted molar refractivity (Wildman–Crippen MR) is 92.8 cm³/mol. The fourth-order valence-electron chi connectivity index (χ4n) is 2.88. The summed E-state index contributed by atoms with van der Waals surface area (Å²) >= 11 is 0. The molecule has 0 aliphatic carbocycles. The van der Waals surface area contributed by atoms with Crippen LogP contribution in [0.15, 0.2) is 42.5 Å². The van der Waals surface area contributed by atoms with Gasteiger partial charge >= 0.3 is 0 Å². The van der Waals surface area contributed by atoms with Gasteiger partial charge < -0.3 is 10.1 Å². The summed E-state index contributed by atoms with van der Waals surface area (Å²) in [5, 5.41) is 2.74. The summed E-state index contributed by atoms with van der Waals surface area (Å²) in [6.07, 6.45) is 0.750. The average Bonchev–Trinajstić information content (AvgIpc) is 2.85. The summed E-state index contributed by atoms with van der Waals surface area (Å²) in [6, 6.07) is 12.4. The summed E-state index contributed by atoms with van der Waals surface area (Å²) < 4.78 is 5.27. The molecule has 3 amide bonds. The quantitative estimate of drug-likeness (QED) is 0.850.